The number of rotatable bonds is 6. The maximum absolute atomic E-state index is 12.2. The smallest absolute Gasteiger partial charge is 0.320 e. The molecule has 108 valence electrons. The van der Waals surface area contributed by atoms with Crippen LogP contribution < -0.4 is 5.32 Å². The largest absolute Gasteiger partial charge is 0.459 e. The molecule has 1 atom stereocenters. The zero-order chi connectivity index (χ0) is 15.2. The third-order valence-corrected chi connectivity index (χ3v) is 2.46. The topological polar surface area (TPSA) is 55.4 Å². The zero-order valence-electron chi connectivity index (χ0n) is 12.2. The van der Waals surface area contributed by atoms with Gasteiger partial charge in [-0.3, -0.25) is 14.9 Å². The van der Waals surface area contributed by atoms with Crippen LogP contribution in [0.25, 0.3) is 0 Å². The third-order valence-electron chi connectivity index (χ3n) is 2.46. The van der Waals surface area contributed by atoms with E-state index in [1.54, 1.807) is 45.0 Å². The Morgan fingerprint density at radius 1 is 1.30 bits per heavy atom. The van der Waals surface area contributed by atoms with Crippen LogP contribution in [0.4, 0.5) is 0 Å². The molecule has 0 saturated carbocycles. The van der Waals surface area contributed by atoms with E-state index in [1.165, 1.54) is 6.08 Å². The average molecular weight is 275 g/mol. The fourth-order valence-electron chi connectivity index (χ4n) is 1.64. The Morgan fingerprint density at radius 3 is 2.40 bits per heavy atom. The van der Waals surface area contributed by atoms with Gasteiger partial charge in [0.25, 0.3) is 0 Å². The van der Waals surface area contributed by atoms with Crippen molar-refractivity contribution in [3.63, 3.8) is 0 Å². The summed E-state index contributed by atoms with van der Waals surface area (Å²) in [5, 5.41) is 2.85. The molecule has 4 nitrogen and oxygen atoms in total. The van der Waals surface area contributed by atoms with Gasteiger partial charge in [0.05, 0.1) is 12.6 Å². The molecule has 1 aromatic rings. The van der Waals surface area contributed by atoms with E-state index < -0.39 is 17.6 Å². The first-order valence-electron chi connectivity index (χ1n) is 6.50. The van der Waals surface area contributed by atoms with Gasteiger partial charge in [-0.25, -0.2) is 0 Å². The Kier molecular flexibility index (Phi) is 5.65. The van der Waals surface area contributed by atoms with Gasteiger partial charge in [0.15, 0.2) is 5.78 Å². The minimum Gasteiger partial charge on any atom is -0.459 e. The van der Waals surface area contributed by atoms with Crippen LogP contribution in [0, 0.1) is 0 Å². The van der Waals surface area contributed by atoms with Crippen LogP contribution in [0.15, 0.2) is 43.0 Å². The molecule has 0 unspecified atom stereocenters. The molecule has 20 heavy (non-hydrogen) atoms. The van der Waals surface area contributed by atoms with Crippen LogP contribution in [-0.2, 0) is 9.53 Å². The number of ketones is 1. The number of carbonyl (C=O) groups is 2. The van der Waals surface area contributed by atoms with Gasteiger partial charge in [-0.05, 0) is 20.8 Å². The molecule has 0 fully saturated rings. The number of nitrogens with one attached hydrogen (secondary N) is 1. The highest BCUT2D eigenvalue weighted by molar-refractivity contribution is 6.01. The van der Waals surface area contributed by atoms with Crippen LogP contribution in [0.3, 0.4) is 0 Å². The van der Waals surface area contributed by atoms with Crippen molar-refractivity contribution < 1.29 is 14.3 Å². The number of hydrogen-bond acceptors (Lipinski definition) is 4. The highest BCUT2D eigenvalue weighted by atomic mass is 16.6. The molecule has 1 N–H and O–H groups in total. The summed E-state index contributed by atoms with van der Waals surface area (Å²) < 4.78 is 5.17. The number of ether oxygens (including phenoxy) is 1. The van der Waals surface area contributed by atoms with Crippen molar-refractivity contribution >= 4 is 11.8 Å². The summed E-state index contributed by atoms with van der Waals surface area (Å²) in [6.45, 7) is 8.98. The van der Waals surface area contributed by atoms with E-state index in [4.69, 9.17) is 4.74 Å². The highest BCUT2D eigenvalue weighted by Crippen LogP contribution is 2.07. The normalized spacial score (nSPS) is 12.6. The molecule has 0 aliphatic carbocycles. The summed E-state index contributed by atoms with van der Waals surface area (Å²) in [6.07, 6.45) is 1.49. The summed E-state index contributed by atoms with van der Waals surface area (Å²) in [5.41, 5.74) is 0.0420. The standard InChI is InChI=1S/C16H21NO3/c1-5-13(15(19)12-9-7-6-8-10-12)17-11-14(18)20-16(2,3)4/h5-10,13,17H,1,11H2,2-4H3/t13-/m0/s1. The second-order valence-corrected chi connectivity index (χ2v) is 5.41. The summed E-state index contributed by atoms with van der Waals surface area (Å²) in [4.78, 5) is 23.8. The monoisotopic (exact) mass is 275 g/mol. The van der Waals surface area contributed by atoms with E-state index in [1.807, 2.05) is 6.07 Å². The van der Waals surface area contributed by atoms with Gasteiger partial charge in [-0.2, -0.15) is 0 Å². The van der Waals surface area contributed by atoms with Gasteiger partial charge in [0.1, 0.15) is 5.60 Å². The number of benzene rings is 1. The van der Waals surface area contributed by atoms with E-state index in [-0.39, 0.29) is 12.3 Å². The molecule has 1 aromatic carbocycles. The summed E-state index contributed by atoms with van der Waals surface area (Å²) >= 11 is 0. The van der Waals surface area contributed by atoms with Gasteiger partial charge in [0, 0.05) is 5.56 Å². The van der Waals surface area contributed by atoms with Crippen molar-refractivity contribution in [3.05, 3.63) is 48.6 Å². The van der Waals surface area contributed by atoms with Gasteiger partial charge >= 0.3 is 5.97 Å². The van der Waals surface area contributed by atoms with Gasteiger partial charge < -0.3 is 4.74 Å². The molecule has 0 saturated heterocycles. The first-order valence-corrected chi connectivity index (χ1v) is 6.50. The molecular weight excluding hydrogens is 254 g/mol. The van der Waals surface area contributed by atoms with Crippen molar-refractivity contribution in [2.24, 2.45) is 0 Å². The van der Waals surface area contributed by atoms with Crippen LogP contribution >= 0.6 is 0 Å². The molecule has 0 aromatic heterocycles. The second kappa shape index (κ2) is 7.01. The second-order valence-electron chi connectivity index (χ2n) is 5.41. The molecular formula is C16H21NO3. The molecule has 1 rings (SSSR count). The number of hydrogen-bond donors (Lipinski definition) is 1. The van der Waals surface area contributed by atoms with Gasteiger partial charge in [-0.15, -0.1) is 6.58 Å². The number of esters is 1. The predicted molar refractivity (Wildman–Crippen MR) is 78.6 cm³/mol. The Hall–Kier alpha value is -1.94. The Bertz CT molecular complexity index is 474. The molecule has 0 spiro atoms. The van der Waals surface area contributed by atoms with E-state index in [0.717, 1.165) is 0 Å². The van der Waals surface area contributed by atoms with Gasteiger partial charge in [-0.1, -0.05) is 36.4 Å². The lowest BCUT2D eigenvalue weighted by atomic mass is 10.0. The van der Waals surface area contributed by atoms with Crippen molar-refractivity contribution in [2.45, 2.75) is 32.4 Å². The zero-order valence-corrected chi connectivity index (χ0v) is 12.2. The van der Waals surface area contributed by atoms with E-state index in [0.29, 0.717) is 5.56 Å². The SMILES string of the molecule is C=C[C@H](NCC(=O)OC(C)(C)C)C(=O)c1ccccc1. The van der Waals surface area contributed by atoms with Crippen molar-refractivity contribution in [1.82, 2.24) is 5.32 Å². The van der Waals surface area contributed by atoms with Crippen LogP contribution in [0.1, 0.15) is 31.1 Å². The quantitative estimate of drug-likeness (QED) is 0.492. The van der Waals surface area contributed by atoms with Crippen molar-refractivity contribution in [3.8, 4) is 0 Å². The fourth-order valence-corrected chi connectivity index (χ4v) is 1.64. The molecule has 0 aliphatic heterocycles. The predicted octanol–water partition coefficient (Wildman–Crippen LogP) is 2.36. The van der Waals surface area contributed by atoms with Crippen LogP contribution in [0.2, 0.25) is 0 Å². The fraction of sp³-hybridized carbons (Fsp3) is 0.375. The van der Waals surface area contributed by atoms with Crippen LogP contribution in [0.5, 0.6) is 0 Å². The Balaban J connectivity index is 2.58. The third kappa shape index (κ3) is 5.36. The average Bonchev–Trinajstić information content (AvgIpc) is 2.38. The summed E-state index contributed by atoms with van der Waals surface area (Å²) in [7, 11) is 0. The Morgan fingerprint density at radius 2 is 1.90 bits per heavy atom. The molecule has 0 amide bonds. The summed E-state index contributed by atoms with van der Waals surface area (Å²) in [6, 6.07) is 8.28. The Labute approximate surface area is 119 Å². The lowest BCUT2D eigenvalue weighted by Gasteiger charge is -2.20. The first-order chi connectivity index (χ1) is 9.33. The lowest BCUT2D eigenvalue weighted by molar-refractivity contribution is -0.153. The summed E-state index contributed by atoms with van der Waals surface area (Å²) in [5.74, 6) is -0.519. The first kappa shape index (κ1) is 16.1. The number of carbonyl (C=O) groups excluding carboxylic acids is 2. The van der Waals surface area contributed by atoms with Gasteiger partial charge in [0.2, 0.25) is 0 Å². The maximum Gasteiger partial charge on any atom is 0.320 e. The van der Waals surface area contributed by atoms with Crippen molar-refractivity contribution in [2.75, 3.05) is 6.54 Å². The highest BCUT2D eigenvalue weighted by Gasteiger charge is 2.20. The maximum atomic E-state index is 12.2. The number of Topliss-reactive ketones (excluding diaryl/α,β-unsaturated/α-hetero) is 1. The molecule has 0 heterocycles. The molecule has 4 heteroatoms. The van der Waals surface area contributed by atoms with E-state index in [2.05, 4.69) is 11.9 Å². The van der Waals surface area contributed by atoms with E-state index in [9.17, 15) is 9.59 Å². The van der Waals surface area contributed by atoms with Crippen molar-refractivity contribution in [1.29, 1.82) is 0 Å². The molecule has 0 bridgehead atoms. The minimum atomic E-state index is -0.607. The molecule has 0 radical (unpaired) electrons. The lowest BCUT2D eigenvalue weighted by Crippen LogP contribution is -2.40. The molecule has 0 aliphatic rings. The minimum absolute atomic E-state index is 0.0352. The van der Waals surface area contributed by atoms with Crippen LogP contribution in [-0.4, -0.2) is 29.9 Å². The van der Waals surface area contributed by atoms with E-state index >= 15 is 0 Å².